The minimum atomic E-state index is -0.805. The zero-order chi connectivity index (χ0) is 39.7. The Balaban J connectivity index is 2.15. The average molecular weight is 735 g/mol. The molecule has 0 saturated carbocycles. The molecule has 9 nitrogen and oxygen atoms in total. The van der Waals surface area contributed by atoms with Crippen molar-refractivity contribution >= 4 is 29.2 Å². The van der Waals surface area contributed by atoms with Gasteiger partial charge in [0.15, 0.2) is 34.6 Å². The molecular weight excluding hydrogens is 668 g/mol. The largest absolute Gasteiger partial charge is 0.493 e. The summed E-state index contributed by atoms with van der Waals surface area (Å²) in [5.41, 5.74) is 4.66. The van der Waals surface area contributed by atoms with Gasteiger partial charge in [-0.1, -0.05) is 50.5 Å². The van der Waals surface area contributed by atoms with Crippen LogP contribution in [0.25, 0.3) is 0 Å². The highest BCUT2D eigenvalue weighted by Crippen LogP contribution is 2.39. The van der Waals surface area contributed by atoms with Crippen LogP contribution in [0.4, 0.5) is 11.4 Å². The third-order valence-corrected chi connectivity index (χ3v) is 10.2. The molecule has 0 aromatic heterocycles. The first kappa shape index (κ1) is 45.0. The molecule has 0 aliphatic rings. The molecule has 0 aliphatic carbocycles. The van der Waals surface area contributed by atoms with Crippen molar-refractivity contribution in [1.29, 1.82) is 0 Å². The Morgan fingerprint density at radius 2 is 1.30 bits per heavy atom. The maximum atomic E-state index is 12.8. The lowest BCUT2D eigenvalue weighted by atomic mass is 9.84. The van der Waals surface area contributed by atoms with E-state index in [4.69, 9.17) is 23.9 Å². The number of methoxy groups -OCH3 is 2. The maximum absolute atomic E-state index is 12.8. The maximum Gasteiger partial charge on any atom is 0.163 e. The van der Waals surface area contributed by atoms with E-state index in [1.54, 1.807) is 43.4 Å². The Labute approximate surface area is 319 Å². The van der Waals surface area contributed by atoms with E-state index in [9.17, 15) is 14.7 Å². The highest BCUT2D eigenvalue weighted by atomic mass is 16.5. The van der Waals surface area contributed by atoms with E-state index in [0.717, 1.165) is 44.9 Å². The number of aliphatic hydroxyl groups is 1. The van der Waals surface area contributed by atoms with Gasteiger partial charge in [0, 0.05) is 42.4 Å². The number of nitrogens with zero attached hydrogens (tertiary/aromatic N) is 2. The zero-order valence-corrected chi connectivity index (χ0v) is 34.5. The molecule has 0 aliphatic heterocycles. The summed E-state index contributed by atoms with van der Waals surface area (Å²) in [7, 11) is 4.95. The number of ketones is 2. The predicted octanol–water partition coefficient (Wildman–Crippen LogP) is 10.6. The summed E-state index contributed by atoms with van der Waals surface area (Å²) in [6, 6.07) is 7.01. The number of Topliss-reactive ketones (excluding diaryl/α,β-unsaturated/α-hetero) is 2. The molecule has 2 aromatic rings. The number of ether oxygens (including phenoxy) is 4. The van der Waals surface area contributed by atoms with Crippen LogP contribution in [-0.2, 0) is 0 Å². The van der Waals surface area contributed by atoms with Gasteiger partial charge in [0.2, 0.25) is 0 Å². The van der Waals surface area contributed by atoms with Crippen molar-refractivity contribution in [3.8, 4) is 23.0 Å². The van der Waals surface area contributed by atoms with Crippen molar-refractivity contribution in [3.05, 3.63) is 58.7 Å². The van der Waals surface area contributed by atoms with Crippen LogP contribution in [-0.4, -0.2) is 63.6 Å². The number of hydrogen-bond acceptors (Lipinski definition) is 9. The van der Waals surface area contributed by atoms with Crippen LogP contribution >= 0.6 is 0 Å². The van der Waals surface area contributed by atoms with E-state index in [2.05, 4.69) is 46.8 Å². The van der Waals surface area contributed by atoms with Crippen LogP contribution in [0.5, 0.6) is 23.0 Å². The number of hydrogen-bond donors (Lipinski definition) is 1. The van der Waals surface area contributed by atoms with E-state index in [1.165, 1.54) is 25.0 Å². The number of carbonyl (C=O) groups is 2. The monoisotopic (exact) mass is 734 g/mol. The van der Waals surface area contributed by atoms with E-state index >= 15 is 0 Å². The number of aliphatic imine (C=N–C) groups is 1. The van der Waals surface area contributed by atoms with Crippen LogP contribution in [0.1, 0.15) is 128 Å². The summed E-state index contributed by atoms with van der Waals surface area (Å²) in [5, 5.41) is 11.6. The zero-order valence-electron chi connectivity index (χ0n) is 34.5. The van der Waals surface area contributed by atoms with E-state index in [-0.39, 0.29) is 29.3 Å². The average Bonchev–Trinajstić information content (AvgIpc) is 3.16. The smallest absolute Gasteiger partial charge is 0.163 e. The molecule has 0 spiro atoms. The van der Waals surface area contributed by atoms with Gasteiger partial charge in [0.1, 0.15) is 6.23 Å². The second kappa shape index (κ2) is 22.8. The van der Waals surface area contributed by atoms with Crippen LogP contribution in [0.2, 0.25) is 0 Å². The molecule has 0 radical (unpaired) electrons. The van der Waals surface area contributed by atoms with Crippen LogP contribution < -0.4 is 23.8 Å². The van der Waals surface area contributed by atoms with Crippen LogP contribution in [0, 0.1) is 17.8 Å². The Bertz CT molecular complexity index is 1580. The van der Waals surface area contributed by atoms with Gasteiger partial charge in [0.05, 0.1) is 38.8 Å². The number of benzene rings is 2. The topological polar surface area (TPSA) is 107 Å². The van der Waals surface area contributed by atoms with Gasteiger partial charge in [-0.25, -0.2) is 0 Å². The fourth-order valence-electron chi connectivity index (χ4n) is 6.19. The van der Waals surface area contributed by atoms with Crippen molar-refractivity contribution in [2.45, 2.75) is 113 Å². The molecule has 0 heterocycles. The second-order valence-corrected chi connectivity index (χ2v) is 14.1. The second-order valence-electron chi connectivity index (χ2n) is 14.1. The van der Waals surface area contributed by atoms with Gasteiger partial charge in [-0.05, 0) is 104 Å². The highest BCUT2D eigenvalue weighted by molar-refractivity contribution is 6.01. The van der Waals surface area contributed by atoms with E-state index in [0.29, 0.717) is 58.7 Å². The highest BCUT2D eigenvalue weighted by Gasteiger charge is 2.30. The van der Waals surface area contributed by atoms with Crippen molar-refractivity contribution in [3.63, 3.8) is 0 Å². The third-order valence-electron chi connectivity index (χ3n) is 10.2. The molecule has 2 aromatic carbocycles. The fourth-order valence-corrected chi connectivity index (χ4v) is 6.19. The number of anilines is 1. The number of allylic oxidation sites excluding steroid dienone is 4. The molecule has 0 fully saturated rings. The van der Waals surface area contributed by atoms with Gasteiger partial charge in [-0.15, -0.1) is 0 Å². The predicted molar refractivity (Wildman–Crippen MR) is 218 cm³/mol. The Morgan fingerprint density at radius 3 is 1.79 bits per heavy atom. The minimum absolute atomic E-state index is 0.0213. The standard InChI is InChI=1S/C44H66N2O7/c1-13-29(5)22-34(16-4)28-45-38-26-42(40(50-11)24-36(38)32(8)47)52-20-18-17-19-21-53-43-27-39(37(33(9)48)25-41(43)51-12)46(10)44(49)35(31(7)15-3)23-30(6)14-2/h13-14,24-28,31,34-35,44,49H,15-23H2,1-12H3/b29-13-,30-14-,45-28-. The summed E-state index contributed by atoms with van der Waals surface area (Å²) in [6.45, 7) is 18.6. The third kappa shape index (κ3) is 13.4. The van der Waals surface area contributed by atoms with Gasteiger partial charge < -0.3 is 29.0 Å². The number of unbranched alkanes of at least 4 members (excludes halogenated alkanes) is 2. The first-order valence-corrected chi connectivity index (χ1v) is 19.2. The SMILES string of the molecule is C/C=C(/C)CC(/C=N\c1cc(OCCCCCOc2cc(N(C)C(O)C(C/C(C)=C\C)C(C)CC)c(C(C)=O)cc2OC)c(OC)cc1C(C)=O)CC. The van der Waals surface area contributed by atoms with Crippen molar-refractivity contribution < 1.29 is 33.6 Å². The lowest BCUT2D eigenvalue weighted by molar-refractivity contribution is 0.0756. The van der Waals surface area contributed by atoms with E-state index in [1.807, 2.05) is 27.1 Å². The van der Waals surface area contributed by atoms with Crippen molar-refractivity contribution in [2.24, 2.45) is 22.7 Å². The van der Waals surface area contributed by atoms with Gasteiger partial charge >= 0.3 is 0 Å². The summed E-state index contributed by atoms with van der Waals surface area (Å²) >= 11 is 0. The van der Waals surface area contributed by atoms with Crippen molar-refractivity contribution in [1.82, 2.24) is 0 Å². The van der Waals surface area contributed by atoms with Crippen LogP contribution in [0.15, 0.2) is 52.6 Å². The summed E-state index contributed by atoms with van der Waals surface area (Å²) in [5.74, 6) is 2.34. The fraction of sp³-hybridized carbons (Fsp3) is 0.568. The summed E-state index contributed by atoms with van der Waals surface area (Å²) < 4.78 is 23.6. The van der Waals surface area contributed by atoms with Gasteiger partial charge in [-0.2, -0.15) is 0 Å². The molecule has 4 unspecified atom stereocenters. The Hall–Kier alpha value is -4.11. The lowest BCUT2D eigenvalue weighted by Gasteiger charge is -2.36. The molecule has 1 N–H and O–H groups in total. The molecule has 9 heteroatoms. The molecule has 2 rings (SSSR count). The molecule has 4 atom stereocenters. The Morgan fingerprint density at radius 1 is 0.774 bits per heavy atom. The number of aliphatic hydroxyl groups excluding tert-OH is 1. The molecule has 294 valence electrons. The van der Waals surface area contributed by atoms with Crippen molar-refractivity contribution in [2.75, 3.05) is 39.4 Å². The molecule has 53 heavy (non-hydrogen) atoms. The molecular formula is C44H66N2O7. The Kier molecular flexibility index (Phi) is 19.4. The molecule has 0 amide bonds. The first-order valence-electron chi connectivity index (χ1n) is 19.2. The lowest BCUT2D eigenvalue weighted by Crippen LogP contribution is -2.41. The first-order chi connectivity index (χ1) is 25.3. The van der Waals surface area contributed by atoms with E-state index < -0.39 is 6.23 Å². The molecule has 0 saturated heterocycles. The summed E-state index contributed by atoms with van der Waals surface area (Å²) in [6.07, 6.45) is 11.2. The van der Waals surface area contributed by atoms with Gasteiger partial charge in [-0.3, -0.25) is 14.6 Å². The van der Waals surface area contributed by atoms with Gasteiger partial charge in [0.25, 0.3) is 0 Å². The minimum Gasteiger partial charge on any atom is -0.493 e. The summed E-state index contributed by atoms with van der Waals surface area (Å²) in [4.78, 5) is 31.8. The number of rotatable bonds is 24. The molecule has 0 bridgehead atoms. The number of carbonyl (C=O) groups excluding carboxylic acids is 2. The normalized spacial score (nSPS) is 14.4. The quantitative estimate of drug-likeness (QED) is 0.0373. The van der Waals surface area contributed by atoms with Crippen LogP contribution in [0.3, 0.4) is 0 Å².